The van der Waals surface area contributed by atoms with Crippen molar-refractivity contribution in [1.29, 1.82) is 0 Å². The van der Waals surface area contributed by atoms with Crippen LogP contribution in [0.5, 0.6) is 0 Å². The van der Waals surface area contributed by atoms with Gasteiger partial charge in [-0.05, 0) is 12.5 Å². The molecular formula is C16H22N2O2S. The first-order chi connectivity index (χ1) is 10.0. The van der Waals surface area contributed by atoms with Gasteiger partial charge in [-0.25, -0.2) is 0 Å². The van der Waals surface area contributed by atoms with Crippen molar-refractivity contribution >= 4 is 23.6 Å². The van der Waals surface area contributed by atoms with E-state index in [1.807, 2.05) is 51.1 Å². The molecule has 0 radical (unpaired) electrons. The van der Waals surface area contributed by atoms with Gasteiger partial charge in [-0.1, -0.05) is 44.2 Å². The van der Waals surface area contributed by atoms with Gasteiger partial charge in [0, 0.05) is 11.7 Å². The Kier molecular flexibility index (Phi) is 5.28. The van der Waals surface area contributed by atoms with Gasteiger partial charge in [-0.15, -0.1) is 11.8 Å². The molecule has 2 atom stereocenters. The summed E-state index contributed by atoms with van der Waals surface area (Å²) in [6.45, 7) is 5.70. The molecule has 114 valence electrons. The minimum Gasteiger partial charge on any atom is -0.348 e. The molecule has 2 amide bonds. The third kappa shape index (κ3) is 3.79. The van der Waals surface area contributed by atoms with Crippen LogP contribution >= 0.6 is 11.8 Å². The summed E-state index contributed by atoms with van der Waals surface area (Å²) in [5, 5.41) is 3.02. The lowest BCUT2D eigenvalue weighted by Gasteiger charge is -2.26. The average Bonchev–Trinajstić information content (AvgIpc) is 2.96. The van der Waals surface area contributed by atoms with Crippen molar-refractivity contribution in [3.8, 4) is 0 Å². The van der Waals surface area contributed by atoms with Crippen LogP contribution in [0.1, 0.15) is 32.4 Å². The third-order valence-electron chi connectivity index (χ3n) is 3.62. The lowest BCUT2D eigenvalue weighted by Crippen LogP contribution is -2.48. The third-order valence-corrected chi connectivity index (χ3v) is 4.63. The Hall–Kier alpha value is -1.49. The van der Waals surface area contributed by atoms with Crippen LogP contribution in [0.2, 0.25) is 0 Å². The van der Waals surface area contributed by atoms with Gasteiger partial charge in [-0.2, -0.15) is 0 Å². The number of carbonyl (C=O) groups is 2. The molecule has 1 heterocycles. The summed E-state index contributed by atoms with van der Waals surface area (Å²) >= 11 is 1.63. The van der Waals surface area contributed by atoms with Crippen molar-refractivity contribution in [1.82, 2.24) is 10.2 Å². The second kappa shape index (κ2) is 6.98. The van der Waals surface area contributed by atoms with E-state index in [1.165, 1.54) is 0 Å². The number of benzene rings is 1. The Balaban J connectivity index is 2.01. The van der Waals surface area contributed by atoms with Gasteiger partial charge < -0.3 is 10.2 Å². The molecule has 1 saturated heterocycles. The normalized spacial score (nSPS) is 19.6. The van der Waals surface area contributed by atoms with E-state index in [0.29, 0.717) is 11.6 Å². The lowest BCUT2D eigenvalue weighted by molar-refractivity contribution is -0.140. The van der Waals surface area contributed by atoms with E-state index in [2.05, 4.69) is 5.32 Å². The fraction of sp³-hybridized carbons (Fsp3) is 0.500. The van der Waals surface area contributed by atoms with Gasteiger partial charge in [0.1, 0.15) is 6.04 Å². The molecule has 0 saturated carbocycles. The molecule has 2 rings (SSSR count). The van der Waals surface area contributed by atoms with Crippen LogP contribution in [-0.4, -0.2) is 34.4 Å². The fourth-order valence-corrected chi connectivity index (χ4v) is 3.51. The van der Waals surface area contributed by atoms with E-state index in [0.717, 1.165) is 5.56 Å². The molecule has 1 aromatic carbocycles. The van der Waals surface area contributed by atoms with Crippen molar-refractivity contribution in [2.24, 2.45) is 5.92 Å². The highest BCUT2D eigenvalue weighted by atomic mass is 32.2. The Morgan fingerprint density at radius 3 is 2.52 bits per heavy atom. The fourth-order valence-electron chi connectivity index (χ4n) is 2.34. The predicted molar refractivity (Wildman–Crippen MR) is 85.8 cm³/mol. The lowest BCUT2D eigenvalue weighted by atomic mass is 10.1. The van der Waals surface area contributed by atoms with E-state index in [9.17, 15) is 9.59 Å². The Morgan fingerprint density at radius 2 is 1.90 bits per heavy atom. The number of hydrogen-bond acceptors (Lipinski definition) is 3. The first-order valence-electron chi connectivity index (χ1n) is 7.24. The zero-order chi connectivity index (χ0) is 15.4. The molecule has 0 spiro atoms. The quantitative estimate of drug-likeness (QED) is 0.929. The van der Waals surface area contributed by atoms with Gasteiger partial charge in [0.15, 0.2) is 0 Å². The molecule has 5 heteroatoms. The molecule has 0 aliphatic carbocycles. The SMILES string of the molecule is CC(C)C(=O)N1CSC[C@H]1C(=O)N[C@H](C)c1ccccc1. The average molecular weight is 306 g/mol. The van der Waals surface area contributed by atoms with Crippen LogP contribution in [0.4, 0.5) is 0 Å². The molecule has 1 N–H and O–H groups in total. The number of amides is 2. The molecule has 0 bridgehead atoms. The van der Waals surface area contributed by atoms with Gasteiger partial charge in [0.2, 0.25) is 11.8 Å². The molecular weight excluding hydrogens is 284 g/mol. The minimum absolute atomic E-state index is 0.0486. The van der Waals surface area contributed by atoms with Crippen LogP contribution in [0.15, 0.2) is 30.3 Å². The number of nitrogens with one attached hydrogen (secondary N) is 1. The summed E-state index contributed by atoms with van der Waals surface area (Å²) in [6, 6.07) is 9.44. The van der Waals surface area contributed by atoms with Gasteiger partial charge in [0.25, 0.3) is 0 Å². The maximum atomic E-state index is 12.4. The van der Waals surface area contributed by atoms with E-state index < -0.39 is 0 Å². The monoisotopic (exact) mass is 306 g/mol. The van der Waals surface area contributed by atoms with Gasteiger partial charge in [0.05, 0.1) is 11.9 Å². The topological polar surface area (TPSA) is 49.4 Å². The maximum Gasteiger partial charge on any atom is 0.244 e. The molecule has 21 heavy (non-hydrogen) atoms. The highest BCUT2D eigenvalue weighted by Gasteiger charge is 2.35. The standard InChI is InChI=1S/C16H22N2O2S/c1-11(2)16(20)18-10-21-9-14(18)15(19)17-12(3)13-7-5-4-6-8-13/h4-8,11-12,14H,9-10H2,1-3H3,(H,17,19)/t12-,14+/m1/s1. The summed E-state index contributed by atoms with van der Waals surface area (Å²) in [7, 11) is 0. The van der Waals surface area contributed by atoms with Crippen molar-refractivity contribution in [3.63, 3.8) is 0 Å². The van der Waals surface area contributed by atoms with Crippen molar-refractivity contribution < 1.29 is 9.59 Å². The molecule has 1 fully saturated rings. The van der Waals surface area contributed by atoms with Gasteiger partial charge in [-0.3, -0.25) is 9.59 Å². The highest BCUT2D eigenvalue weighted by molar-refractivity contribution is 7.99. The summed E-state index contributed by atoms with van der Waals surface area (Å²) in [4.78, 5) is 26.3. The van der Waals surface area contributed by atoms with E-state index in [-0.39, 0.29) is 29.8 Å². The van der Waals surface area contributed by atoms with Crippen LogP contribution < -0.4 is 5.32 Å². The maximum absolute atomic E-state index is 12.4. The number of rotatable bonds is 4. The van der Waals surface area contributed by atoms with Crippen LogP contribution in [-0.2, 0) is 9.59 Å². The number of thioether (sulfide) groups is 1. The largest absolute Gasteiger partial charge is 0.348 e. The molecule has 1 aromatic rings. The molecule has 4 nitrogen and oxygen atoms in total. The van der Waals surface area contributed by atoms with Crippen molar-refractivity contribution in [3.05, 3.63) is 35.9 Å². The van der Waals surface area contributed by atoms with Crippen molar-refractivity contribution in [2.45, 2.75) is 32.9 Å². The number of carbonyl (C=O) groups excluding carboxylic acids is 2. The van der Waals surface area contributed by atoms with Gasteiger partial charge >= 0.3 is 0 Å². The minimum atomic E-state index is -0.351. The molecule has 1 aliphatic rings. The first kappa shape index (κ1) is 15.9. The van der Waals surface area contributed by atoms with Crippen LogP contribution in [0.3, 0.4) is 0 Å². The summed E-state index contributed by atoms with van der Waals surface area (Å²) in [5.41, 5.74) is 1.07. The highest BCUT2D eigenvalue weighted by Crippen LogP contribution is 2.24. The number of hydrogen-bond donors (Lipinski definition) is 1. The van der Waals surface area contributed by atoms with Crippen molar-refractivity contribution in [2.75, 3.05) is 11.6 Å². The molecule has 1 aliphatic heterocycles. The first-order valence-corrected chi connectivity index (χ1v) is 8.39. The zero-order valence-corrected chi connectivity index (χ0v) is 13.5. The Bertz CT molecular complexity index is 504. The smallest absolute Gasteiger partial charge is 0.244 e. The number of nitrogens with zero attached hydrogens (tertiary/aromatic N) is 1. The molecule has 0 unspecified atom stereocenters. The van der Waals surface area contributed by atoms with E-state index in [1.54, 1.807) is 16.7 Å². The zero-order valence-electron chi connectivity index (χ0n) is 12.7. The summed E-state index contributed by atoms with van der Waals surface area (Å²) in [6.07, 6.45) is 0. The Morgan fingerprint density at radius 1 is 1.24 bits per heavy atom. The van der Waals surface area contributed by atoms with Crippen LogP contribution in [0, 0.1) is 5.92 Å². The predicted octanol–water partition coefficient (Wildman–Crippen LogP) is 2.42. The molecule has 0 aromatic heterocycles. The van der Waals surface area contributed by atoms with Crippen LogP contribution in [0.25, 0.3) is 0 Å². The second-order valence-corrected chi connectivity index (χ2v) is 6.62. The Labute approximate surface area is 130 Å². The van der Waals surface area contributed by atoms with E-state index in [4.69, 9.17) is 0 Å². The summed E-state index contributed by atoms with van der Waals surface area (Å²) in [5.74, 6) is 1.18. The summed E-state index contributed by atoms with van der Waals surface area (Å²) < 4.78 is 0. The second-order valence-electron chi connectivity index (χ2n) is 5.62. The van der Waals surface area contributed by atoms with E-state index >= 15 is 0 Å².